The van der Waals surface area contributed by atoms with Crippen LogP contribution in [0, 0.1) is 11.8 Å². The number of nitrogens with one attached hydrogen (secondary N) is 2. The van der Waals surface area contributed by atoms with Crippen LogP contribution < -0.4 is 10.6 Å². The van der Waals surface area contributed by atoms with Crippen LogP contribution in [0.25, 0.3) is 0 Å². The fraction of sp³-hybridized carbons (Fsp3) is 0.857. The summed E-state index contributed by atoms with van der Waals surface area (Å²) in [7, 11) is 1.88. The minimum Gasteiger partial charge on any atom is -0.356 e. The first kappa shape index (κ1) is 18.8. The molecule has 2 N–H and O–H groups in total. The van der Waals surface area contributed by atoms with Gasteiger partial charge in [0.05, 0.1) is 0 Å². The van der Waals surface area contributed by atoms with E-state index < -0.39 is 0 Å². The number of hydrogen-bond acceptors (Lipinski definition) is 3. The number of hydrogen-bond donors (Lipinski definition) is 2. The van der Waals surface area contributed by atoms with Crippen LogP contribution in [0.15, 0.2) is 4.99 Å². The molecule has 0 radical (unpaired) electrons. The summed E-state index contributed by atoms with van der Waals surface area (Å²) in [6.07, 6.45) is 15.6. The van der Waals surface area contributed by atoms with Crippen LogP contribution in [-0.4, -0.2) is 40.4 Å². The third kappa shape index (κ3) is 4.64. The molecule has 1 aromatic heterocycles. The Bertz CT molecular complexity index is 637. The molecule has 0 bridgehead atoms. The highest BCUT2D eigenvalue weighted by Gasteiger charge is 2.32. The van der Waals surface area contributed by atoms with E-state index in [4.69, 9.17) is 0 Å². The maximum atomic E-state index is 4.46. The van der Waals surface area contributed by atoms with Crippen molar-refractivity contribution in [1.29, 1.82) is 0 Å². The molecule has 4 rings (SSSR count). The van der Waals surface area contributed by atoms with Gasteiger partial charge < -0.3 is 15.2 Å². The molecule has 0 amide bonds. The summed E-state index contributed by atoms with van der Waals surface area (Å²) in [5.74, 6) is 5.18. The van der Waals surface area contributed by atoms with Gasteiger partial charge in [-0.3, -0.25) is 4.99 Å². The second-order valence-corrected chi connectivity index (χ2v) is 8.70. The fourth-order valence-electron chi connectivity index (χ4n) is 5.42. The lowest BCUT2D eigenvalue weighted by molar-refractivity contribution is 0.150. The van der Waals surface area contributed by atoms with E-state index in [1.165, 1.54) is 70.0 Å². The maximum absolute atomic E-state index is 4.46. The minimum absolute atomic E-state index is 0.583. The number of fused-ring (bicyclic) bond motifs is 2. The molecule has 1 aliphatic heterocycles. The van der Waals surface area contributed by atoms with Gasteiger partial charge >= 0.3 is 0 Å². The number of rotatable bonds is 4. The number of aryl methyl sites for hydroxylation is 1. The molecule has 0 saturated heterocycles. The molecule has 0 aromatic carbocycles. The highest BCUT2D eigenvalue weighted by Crippen LogP contribution is 2.40. The number of aliphatic imine (C=N–C) groups is 1. The molecule has 2 fully saturated rings. The molecule has 150 valence electrons. The molecule has 3 atom stereocenters. The molecular weight excluding hydrogens is 336 g/mol. The predicted octanol–water partition coefficient (Wildman–Crippen LogP) is 3.07. The highest BCUT2D eigenvalue weighted by atomic mass is 15.3. The highest BCUT2D eigenvalue weighted by molar-refractivity contribution is 5.79. The molecule has 1 aromatic rings. The molecule has 3 aliphatic rings. The van der Waals surface area contributed by atoms with Crippen LogP contribution in [-0.2, 0) is 19.4 Å². The van der Waals surface area contributed by atoms with Gasteiger partial charge in [0.15, 0.2) is 5.96 Å². The Balaban J connectivity index is 1.25. The largest absolute Gasteiger partial charge is 0.356 e. The molecule has 2 aliphatic carbocycles. The van der Waals surface area contributed by atoms with Crippen molar-refractivity contribution in [2.24, 2.45) is 16.8 Å². The average molecular weight is 373 g/mol. The molecule has 27 heavy (non-hydrogen) atoms. The Hall–Kier alpha value is -1.59. The first-order chi connectivity index (χ1) is 13.3. The maximum Gasteiger partial charge on any atom is 0.191 e. The van der Waals surface area contributed by atoms with E-state index in [1.807, 2.05) is 7.05 Å². The average Bonchev–Trinajstić information content (AvgIpc) is 2.93. The van der Waals surface area contributed by atoms with E-state index in [0.29, 0.717) is 6.04 Å². The van der Waals surface area contributed by atoms with Crippen LogP contribution in [0.4, 0.5) is 0 Å². The standard InChI is InChI=1S/C21H36N6/c1-22-21(24-18-11-10-16-7-4-5-8-17(16)15-18)23-13-12-20-26-25-19-9-3-2-6-14-27(19)20/h16-18H,2-15H2,1H3,(H2,22,23,24). The zero-order valence-electron chi connectivity index (χ0n) is 16.9. The number of guanidine groups is 1. The van der Waals surface area contributed by atoms with Gasteiger partial charge in [0.25, 0.3) is 0 Å². The van der Waals surface area contributed by atoms with E-state index >= 15 is 0 Å². The van der Waals surface area contributed by atoms with Crippen LogP contribution in [0.2, 0.25) is 0 Å². The molecule has 2 heterocycles. The van der Waals surface area contributed by atoms with Crippen molar-refractivity contribution >= 4 is 5.96 Å². The lowest BCUT2D eigenvalue weighted by atomic mass is 9.69. The second kappa shape index (κ2) is 9.07. The molecule has 6 nitrogen and oxygen atoms in total. The second-order valence-electron chi connectivity index (χ2n) is 8.70. The molecule has 3 unspecified atom stereocenters. The monoisotopic (exact) mass is 372 g/mol. The zero-order chi connectivity index (χ0) is 18.5. The van der Waals surface area contributed by atoms with E-state index in [0.717, 1.165) is 49.6 Å². The normalized spacial score (nSPS) is 28.8. The summed E-state index contributed by atoms with van der Waals surface area (Å²) in [5, 5.41) is 16.0. The summed E-state index contributed by atoms with van der Waals surface area (Å²) < 4.78 is 2.34. The van der Waals surface area contributed by atoms with Crippen LogP contribution in [0.5, 0.6) is 0 Å². The first-order valence-electron chi connectivity index (χ1n) is 11.2. The summed E-state index contributed by atoms with van der Waals surface area (Å²) in [4.78, 5) is 4.46. The molecule has 2 saturated carbocycles. The Morgan fingerprint density at radius 3 is 2.81 bits per heavy atom. The van der Waals surface area contributed by atoms with Crippen molar-refractivity contribution in [1.82, 2.24) is 25.4 Å². The lowest BCUT2D eigenvalue weighted by Crippen LogP contribution is -2.47. The van der Waals surface area contributed by atoms with Gasteiger partial charge in [-0.1, -0.05) is 32.1 Å². The van der Waals surface area contributed by atoms with Crippen molar-refractivity contribution < 1.29 is 0 Å². The third-order valence-electron chi connectivity index (χ3n) is 6.93. The van der Waals surface area contributed by atoms with Crippen molar-refractivity contribution in [3.05, 3.63) is 11.6 Å². The number of nitrogens with zero attached hydrogens (tertiary/aromatic N) is 4. The SMILES string of the molecule is CN=C(NCCc1nnc2n1CCCCC2)NC1CCC2CCCCC2C1. The van der Waals surface area contributed by atoms with Gasteiger partial charge in [-0.15, -0.1) is 10.2 Å². The van der Waals surface area contributed by atoms with Crippen LogP contribution in [0.1, 0.15) is 75.9 Å². The number of aromatic nitrogens is 3. The van der Waals surface area contributed by atoms with Gasteiger partial charge in [0.1, 0.15) is 11.6 Å². The smallest absolute Gasteiger partial charge is 0.191 e. The zero-order valence-corrected chi connectivity index (χ0v) is 16.9. The quantitative estimate of drug-likeness (QED) is 0.630. The third-order valence-corrected chi connectivity index (χ3v) is 6.93. The van der Waals surface area contributed by atoms with Crippen molar-refractivity contribution in [2.45, 2.75) is 89.6 Å². The van der Waals surface area contributed by atoms with Crippen molar-refractivity contribution in [3.8, 4) is 0 Å². The van der Waals surface area contributed by atoms with Gasteiger partial charge in [0, 0.05) is 39.0 Å². The summed E-state index contributed by atoms with van der Waals surface area (Å²) in [6.45, 7) is 1.94. The van der Waals surface area contributed by atoms with Gasteiger partial charge in [0.2, 0.25) is 0 Å². The van der Waals surface area contributed by atoms with Crippen molar-refractivity contribution in [3.63, 3.8) is 0 Å². The van der Waals surface area contributed by atoms with E-state index in [2.05, 4.69) is 30.4 Å². The van der Waals surface area contributed by atoms with Gasteiger partial charge in [-0.05, 0) is 43.9 Å². The molecule has 0 spiro atoms. The van der Waals surface area contributed by atoms with Gasteiger partial charge in [-0.25, -0.2) is 0 Å². The molecular formula is C21H36N6. The topological polar surface area (TPSA) is 67.1 Å². The Kier molecular flexibility index (Phi) is 6.30. The van der Waals surface area contributed by atoms with E-state index in [-0.39, 0.29) is 0 Å². The van der Waals surface area contributed by atoms with Crippen LogP contribution in [0.3, 0.4) is 0 Å². The van der Waals surface area contributed by atoms with E-state index in [9.17, 15) is 0 Å². The summed E-state index contributed by atoms with van der Waals surface area (Å²) in [5.41, 5.74) is 0. The van der Waals surface area contributed by atoms with Gasteiger partial charge in [-0.2, -0.15) is 0 Å². The Labute approximate surface area is 163 Å². The Morgan fingerprint density at radius 1 is 1.04 bits per heavy atom. The Morgan fingerprint density at radius 2 is 1.93 bits per heavy atom. The lowest BCUT2D eigenvalue weighted by Gasteiger charge is -2.39. The van der Waals surface area contributed by atoms with E-state index in [1.54, 1.807) is 0 Å². The van der Waals surface area contributed by atoms with Crippen molar-refractivity contribution in [2.75, 3.05) is 13.6 Å². The summed E-state index contributed by atoms with van der Waals surface area (Å²) in [6, 6.07) is 0.583. The predicted molar refractivity (Wildman–Crippen MR) is 109 cm³/mol. The fourth-order valence-corrected chi connectivity index (χ4v) is 5.42. The van der Waals surface area contributed by atoms with Crippen LogP contribution >= 0.6 is 0 Å². The minimum atomic E-state index is 0.583. The summed E-state index contributed by atoms with van der Waals surface area (Å²) >= 11 is 0. The first-order valence-corrected chi connectivity index (χ1v) is 11.2. The molecule has 6 heteroatoms.